The molecule has 1 amide bonds. The Morgan fingerprint density at radius 2 is 1.74 bits per heavy atom. The van der Waals surface area contributed by atoms with Gasteiger partial charge in [-0.15, -0.1) is 6.42 Å². The van der Waals surface area contributed by atoms with E-state index in [1.54, 1.807) is 12.1 Å². The zero-order valence-electron chi connectivity index (χ0n) is 13.3. The molecule has 1 aromatic carbocycles. The molecule has 0 saturated heterocycles. The minimum absolute atomic E-state index is 0.0425. The maximum absolute atomic E-state index is 11.8. The Kier molecular flexibility index (Phi) is 7.27. The second-order valence-electron chi connectivity index (χ2n) is 4.35. The van der Waals surface area contributed by atoms with Crippen LogP contribution in [0.25, 0.3) is 0 Å². The highest BCUT2D eigenvalue weighted by Crippen LogP contribution is 2.38. The van der Waals surface area contributed by atoms with E-state index in [1.807, 2.05) is 0 Å². The number of benzene rings is 1. The number of ether oxygens (including phenoxy) is 4. The van der Waals surface area contributed by atoms with Gasteiger partial charge in [0.1, 0.15) is 0 Å². The van der Waals surface area contributed by atoms with Crippen LogP contribution in [-0.4, -0.2) is 46.4 Å². The number of carbonyl (C=O) groups excluding carboxylic acids is 2. The van der Waals surface area contributed by atoms with Gasteiger partial charge in [0.15, 0.2) is 18.1 Å². The molecule has 1 N–H and O–H groups in total. The van der Waals surface area contributed by atoms with Crippen LogP contribution >= 0.6 is 0 Å². The van der Waals surface area contributed by atoms with Crippen molar-refractivity contribution in [2.24, 2.45) is 0 Å². The van der Waals surface area contributed by atoms with Crippen molar-refractivity contribution in [1.29, 1.82) is 0 Å². The third-order valence-electron chi connectivity index (χ3n) is 2.82. The average Bonchev–Trinajstić information content (AvgIpc) is 2.56. The van der Waals surface area contributed by atoms with Crippen molar-refractivity contribution in [1.82, 2.24) is 5.32 Å². The van der Waals surface area contributed by atoms with Gasteiger partial charge in [-0.2, -0.15) is 0 Å². The second kappa shape index (κ2) is 9.20. The van der Waals surface area contributed by atoms with Crippen LogP contribution in [0.2, 0.25) is 0 Å². The van der Waals surface area contributed by atoms with Gasteiger partial charge < -0.3 is 24.3 Å². The highest BCUT2D eigenvalue weighted by atomic mass is 16.5. The molecule has 7 heteroatoms. The van der Waals surface area contributed by atoms with E-state index in [1.165, 1.54) is 21.3 Å². The lowest BCUT2D eigenvalue weighted by Gasteiger charge is -2.14. The predicted molar refractivity (Wildman–Crippen MR) is 82.6 cm³/mol. The molecule has 7 nitrogen and oxygen atoms in total. The number of terminal acetylenes is 1. The van der Waals surface area contributed by atoms with Crippen LogP contribution in [0, 0.1) is 12.3 Å². The molecule has 0 atom stereocenters. The smallest absolute Gasteiger partial charge is 0.310 e. The molecule has 0 spiro atoms. The first kappa shape index (κ1) is 18.2. The van der Waals surface area contributed by atoms with Gasteiger partial charge in [-0.25, -0.2) is 0 Å². The van der Waals surface area contributed by atoms with Crippen molar-refractivity contribution in [2.45, 2.75) is 6.42 Å². The largest absolute Gasteiger partial charge is 0.493 e. The number of methoxy groups -OCH3 is 3. The van der Waals surface area contributed by atoms with Crippen molar-refractivity contribution in [2.75, 3.05) is 34.5 Å². The lowest BCUT2D eigenvalue weighted by Crippen LogP contribution is -2.29. The van der Waals surface area contributed by atoms with Crippen molar-refractivity contribution in [3.05, 3.63) is 17.7 Å². The molecule has 0 heterocycles. The van der Waals surface area contributed by atoms with E-state index in [-0.39, 0.29) is 19.6 Å². The predicted octanol–water partition coefficient (Wildman–Crippen LogP) is 0.548. The fourth-order valence-electron chi connectivity index (χ4n) is 1.80. The fraction of sp³-hybridized carbons (Fsp3) is 0.375. The lowest BCUT2D eigenvalue weighted by atomic mass is 10.1. The summed E-state index contributed by atoms with van der Waals surface area (Å²) in [6, 6.07) is 3.28. The summed E-state index contributed by atoms with van der Waals surface area (Å²) in [6.45, 7) is -0.297. The molecule has 23 heavy (non-hydrogen) atoms. The highest BCUT2D eigenvalue weighted by molar-refractivity contribution is 5.81. The van der Waals surface area contributed by atoms with Crippen LogP contribution < -0.4 is 19.5 Å². The topological polar surface area (TPSA) is 83.1 Å². The van der Waals surface area contributed by atoms with E-state index in [2.05, 4.69) is 11.2 Å². The van der Waals surface area contributed by atoms with Gasteiger partial charge in [0, 0.05) is 0 Å². The van der Waals surface area contributed by atoms with E-state index < -0.39 is 11.9 Å². The summed E-state index contributed by atoms with van der Waals surface area (Å²) in [5.41, 5.74) is 0.605. The molecule has 0 radical (unpaired) electrons. The Labute approximate surface area is 134 Å². The summed E-state index contributed by atoms with van der Waals surface area (Å²) in [6.07, 6.45) is 4.96. The van der Waals surface area contributed by atoms with Crippen molar-refractivity contribution in [3.8, 4) is 29.6 Å². The molecule has 1 rings (SSSR count). The maximum atomic E-state index is 11.8. The molecule has 1 aromatic rings. The summed E-state index contributed by atoms with van der Waals surface area (Å²) in [7, 11) is 4.45. The molecule has 0 unspecified atom stereocenters. The first-order valence-electron chi connectivity index (χ1n) is 6.70. The molecule has 124 valence electrons. The molecule has 0 fully saturated rings. The van der Waals surface area contributed by atoms with E-state index in [0.717, 1.165) is 0 Å². The van der Waals surface area contributed by atoms with Crippen molar-refractivity contribution >= 4 is 11.9 Å². The summed E-state index contributed by atoms with van der Waals surface area (Å²) >= 11 is 0. The van der Waals surface area contributed by atoms with Crippen molar-refractivity contribution < 1.29 is 28.5 Å². The van der Waals surface area contributed by atoms with Gasteiger partial charge in [0.25, 0.3) is 5.91 Å². The van der Waals surface area contributed by atoms with E-state index in [9.17, 15) is 9.59 Å². The number of nitrogens with one attached hydrogen (secondary N) is 1. The quantitative estimate of drug-likeness (QED) is 0.556. The van der Waals surface area contributed by atoms with Gasteiger partial charge in [-0.05, 0) is 17.7 Å². The standard InChI is InChI=1S/C16H19NO6/c1-5-6-17-14(18)10-23-15(19)9-11-7-12(20-2)16(22-4)13(8-11)21-3/h1,7-8H,6,9-10H2,2-4H3,(H,17,18). The molecule has 0 bridgehead atoms. The van der Waals surface area contributed by atoms with Gasteiger partial charge in [-0.1, -0.05) is 5.92 Å². The third-order valence-corrected chi connectivity index (χ3v) is 2.82. The van der Waals surface area contributed by atoms with E-state index in [4.69, 9.17) is 25.4 Å². The molecule has 0 aliphatic rings. The molecule has 0 saturated carbocycles. The summed E-state index contributed by atoms with van der Waals surface area (Å²) in [4.78, 5) is 23.1. The van der Waals surface area contributed by atoms with Gasteiger partial charge in [0.2, 0.25) is 5.75 Å². The molecular weight excluding hydrogens is 302 g/mol. The Morgan fingerprint density at radius 3 is 2.22 bits per heavy atom. The Balaban J connectivity index is 2.71. The lowest BCUT2D eigenvalue weighted by molar-refractivity contribution is -0.147. The SMILES string of the molecule is C#CCNC(=O)COC(=O)Cc1cc(OC)c(OC)c(OC)c1. The third kappa shape index (κ3) is 5.43. The molecule has 0 aromatic heterocycles. The highest BCUT2D eigenvalue weighted by Gasteiger charge is 2.16. The Morgan fingerprint density at radius 1 is 1.13 bits per heavy atom. The fourth-order valence-corrected chi connectivity index (χ4v) is 1.80. The molecular formula is C16H19NO6. The minimum Gasteiger partial charge on any atom is -0.493 e. The van der Waals surface area contributed by atoms with Gasteiger partial charge in [0.05, 0.1) is 34.3 Å². The van der Waals surface area contributed by atoms with Crippen LogP contribution in [-0.2, 0) is 20.7 Å². The number of carbonyl (C=O) groups is 2. The van der Waals surface area contributed by atoms with Crippen LogP contribution in [0.3, 0.4) is 0 Å². The number of esters is 1. The summed E-state index contributed by atoms with van der Waals surface area (Å²) in [5.74, 6) is 2.53. The normalized spacial score (nSPS) is 9.48. The number of hydrogen-bond acceptors (Lipinski definition) is 6. The number of rotatable bonds is 8. The van der Waals surface area contributed by atoms with E-state index >= 15 is 0 Å². The first-order chi connectivity index (χ1) is 11.0. The zero-order valence-corrected chi connectivity index (χ0v) is 13.3. The van der Waals surface area contributed by atoms with Crippen LogP contribution in [0.1, 0.15) is 5.56 Å². The van der Waals surface area contributed by atoms with Crippen LogP contribution in [0.5, 0.6) is 17.2 Å². The first-order valence-corrected chi connectivity index (χ1v) is 6.70. The Hall–Kier alpha value is -2.88. The van der Waals surface area contributed by atoms with Crippen molar-refractivity contribution in [3.63, 3.8) is 0 Å². The Bertz CT molecular complexity index is 580. The van der Waals surface area contributed by atoms with Gasteiger partial charge >= 0.3 is 5.97 Å². The summed E-state index contributed by atoms with van der Waals surface area (Å²) in [5, 5.41) is 2.39. The summed E-state index contributed by atoms with van der Waals surface area (Å²) < 4.78 is 20.5. The van der Waals surface area contributed by atoms with Crippen LogP contribution in [0.15, 0.2) is 12.1 Å². The number of hydrogen-bond donors (Lipinski definition) is 1. The second-order valence-corrected chi connectivity index (χ2v) is 4.35. The average molecular weight is 321 g/mol. The minimum atomic E-state index is -0.560. The number of amides is 1. The van der Waals surface area contributed by atoms with Gasteiger partial charge in [-0.3, -0.25) is 9.59 Å². The molecule has 0 aliphatic carbocycles. The zero-order chi connectivity index (χ0) is 17.2. The molecule has 0 aliphatic heterocycles. The monoisotopic (exact) mass is 321 g/mol. The maximum Gasteiger partial charge on any atom is 0.310 e. The van der Waals surface area contributed by atoms with Crippen LogP contribution in [0.4, 0.5) is 0 Å². The van der Waals surface area contributed by atoms with E-state index in [0.29, 0.717) is 22.8 Å².